The lowest BCUT2D eigenvalue weighted by Crippen LogP contribution is -2.28. The van der Waals surface area contributed by atoms with Crippen LogP contribution in [0.2, 0.25) is 5.02 Å². The minimum atomic E-state index is -3.70. The molecule has 0 spiro atoms. The smallest absolute Gasteiger partial charge is 0.242 e. The minimum absolute atomic E-state index is 0.0455. The van der Waals surface area contributed by atoms with E-state index in [2.05, 4.69) is 10.2 Å². The molecule has 0 radical (unpaired) electrons. The zero-order chi connectivity index (χ0) is 21.0. The van der Waals surface area contributed by atoms with Gasteiger partial charge in [-0.1, -0.05) is 11.6 Å². The highest BCUT2D eigenvalue weighted by atomic mass is 35.5. The van der Waals surface area contributed by atoms with Crippen LogP contribution in [-0.2, 0) is 16.4 Å². The first-order valence-electron chi connectivity index (χ1n) is 8.77. The Morgan fingerprint density at radius 2 is 1.93 bits per heavy atom. The third-order valence-corrected chi connectivity index (χ3v) is 6.62. The fraction of sp³-hybridized carbons (Fsp3) is 0.200. The molecule has 0 atom stereocenters. The Morgan fingerprint density at radius 3 is 2.59 bits per heavy atom. The van der Waals surface area contributed by atoms with Gasteiger partial charge in [-0.2, -0.15) is 10.4 Å². The van der Waals surface area contributed by atoms with E-state index in [9.17, 15) is 12.8 Å². The largest absolute Gasteiger partial charge is 0.282 e. The van der Waals surface area contributed by atoms with Gasteiger partial charge in [-0.15, -0.1) is 0 Å². The van der Waals surface area contributed by atoms with Crippen LogP contribution in [0.15, 0.2) is 53.4 Å². The van der Waals surface area contributed by atoms with Crippen LogP contribution in [0.5, 0.6) is 0 Å². The summed E-state index contributed by atoms with van der Waals surface area (Å²) in [5.41, 5.74) is 2.58. The molecule has 0 aliphatic rings. The van der Waals surface area contributed by atoms with Gasteiger partial charge in [0.05, 0.1) is 21.2 Å². The van der Waals surface area contributed by atoms with Crippen LogP contribution >= 0.6 is 11.6 Å². The quantitative estimate of drug-likeness (QED) is 0.611. The number of hydrogen-bond donors (Lipinski definition) is 1. The molecular weight excluding hydrogens is 415 g/mol. The van der Waals surface area contributed by atoms with Gasteiger partial charge in [0, 0.05) is 24.8 Å². The number of hydrogen-bond acceptors (Lipinski definition) is 4. The summed E-state index contributed by atoms with van der Waals surface area (Å²) >= 11 is 5.95. The second-order valence-electron chi connectivity index (χ2n) is 6.47. The van der Waals surface area contributed by atoms with Gasteiger partial charge in [0.2, 0.25) is 10.0 Å². The summed E-state index contributed by atoms with van der Waals surface area (Å²) in [4.78, 5) is 0.0455. The standard InChI is InChI=1S/C20H18ClFN4O2S/c1-26(29(27,28)18-9-6-15(13-23)19(21)12-18)10-2-3-17-11-20(25-24-17)14-4-7-16(22)8-5-14/h4-9,11-12H,2-3,10H2,1H3,(H,24,25). The Kier molecular flexibility index (Phi) is 6.33. The fourth-order valence-corrected chi connectivity index (χ4v) is 4.32. The number of benzene rings is 2. The van der Waals surface area contributed by atoms with E-state index in [-0.39, 0.29) is 21.3 Å². The lowest BCUT2D eigenvalue weighted by Gasteiger charge is -2.17. The first-order chi connectivity index (χ1) is 13.8. The number of halogens is 2. The van der Waals surface area contributed by atoms with E-state index < -0.39 is 10.0 Å². The highest BCUT2D eigenvalue weighted by molar-refractivity contribution is 7.89. The maximum Gasteiger partial charge on any atom is 0.242 e. The summed E-state index contributed by atoms with van der Waals surface area (Å²) in [5.74, 6) is -0.308. The second-order valence-corrected chi connectivity index (χ2v) is 8.92. The summed E-state index contributed by atoms with van der Waals surface area (Å²) < 4.78 is 39.6. The maximum absolute atomic E-state index is 13.0. The minimum Gasteiger partial charge on any atom is -0.282 e. The summed E-state index contributed by atoms with van der Waals surface area (Å²) in [6, 6.07) is 13.9. The second kappa shape index (κ2) is 8.74. The van der Waals surface area contributed by atoms with Gasteiger partial charge in [-0.3, -0.25) is 5.10 Å². The van der Waals surface area contributed by atoms with Gasteiger partial charge in [0.25, 0.3) is 0 Å². The zero-order valence-corrected chi connectivity index (χ0v) is 17.1. The molecule has 0 unspecified atom stereocenters. The van der Waals surface area contributed by atoms with Crippen molar-refractivity contribution in [2.45, 2.75) is 17.7 Å². The molecule has 150 valence electrons. The van der Waals surface area contributed by atoms with Crippen molar-refractivity contribution in [3.8, 4) is 17.3 Å². The van der Waals surface area contributed by atoms with E-state index >= 15 is 0 Å². The number of aromatic nitrogens is 2. The molecule has 0 aliphatic heterocycles. The van der Waals surface area contributed by atoms with E-state index in [1.807, 2.05) is 12.1 Å². The molecule has 0 bridgehead atoms. The van der Waals surface area contributed by atoms with Crippen LogP contribution in [0.1, 0.15) is 17.7 Å². The molecule has 3 aromatic rings. The molecular formula is C20H18ClFN4O2S. The number of sulfonamides is 1. The van der Waals surface area contributed by atoms with E-state index in [0.29, 0.717) is 25.1 Å². The number of nitrogens with zero attached hydrogens (tertiary/aromatic N) is 3. The number of aryl methyl sites for hydroxylation is 1. The van der Waals surface area contributed by atoms with Gasteiger partial charge in [-0.25, -0.2) is 17.1 Å². The molecule has 1 heterocycles. The molecule has 0 amide bonds. The molecule has 0 saturated carbocycles. The molecule has 0 fully saturated rings. The number of nitriles is 1. The monoisotopic (exact) mass is 432 g/mol. The van der Waals surface area contributed by atoms with Crippen LogP contribution in [0.3, 0.4) is 0 Å². The SMILES string of the molecule is CN(CCCc1cc(-c2ccc(F)cc2)n[nH]1)S(=O)(=O)c1ccc(C#N)c(Cl)c1. The molecule has 1 N–H and O–H groups in total. The summed E-state index contributed by atoms with van der Waals surface area (Å²) in [7, 11) is -2.21. The molecule has 2 aromatic carbocycles. The van der Waals surface area contributed by atoms with Crippen LogP contribution in [0, 0.1) is 17.1 Å². The average molecular weight is 433 g/mol. The number of H-pyrrole nitrogens is 1. The van der Waals surface area contributed by atoms with Crippen LogP contribution in [0.25, 0.3) is 11.3 Å². The summed E-state index contributed by atoms with van der Waals surface area (Å²) in [5, 5.41) is 16.2. The maximum atomic E-state index is 13.0. The van der Waals surface area contributed by atoms with E-state index in [1.54, 1.807) is 12.1 Å². The topological polar surface area (TPSA) is 89.8 Å². The van der Waals surface area contributed by atoms with Crippen molar-refractivity contribution in [2.24, 2.45) is 0 Å². The van der Waals surface area contributed by atoms with Crippen LogP contribution < -0.4 is 0 Å². The average Bonchev–Trinajstić information content (AvgIpc) is 3.17. The Bertz CT molecular complexity index is 1150. The first-order valence-corrected chi connectivity index (χ1v) is 10.6. The highest BCUT2D eigenvalue weighted by Gasteiger charge is 2.21. The molecule has 0 saturated heterocycles. The Balaban J connectivity index is 1.61. The lowest BCUT2D eigenvalue weighted by molar-refractivity contribution is 0.460. The van der Waals surface area contributed by atoms with Crippen LogP contribution in [0.4, 0.5) is 4.39 Å². The number of rotatable bonds is 7. The van der Waals surface area contributed by atoms with Crippen molar-refractivity contribution in [1.29, 1.82) is 5.26 Å². The van der Waals surface area contributed by atoms with Crippen molar-refractivity contribution >= 4 is 21.6 Å². The number of nitrogens with one attached hydrogen (secondary N) is 1. The predicted molar refractivity (Wildman–Crippen MR) is 108 cm³/mol. The van der Waals surface area contributed by atoms with Gasteiger partial charge >= 0.3 is 0 Å². The van der Waals surface area contributed by atoms with Gasteiger partial charge in [0.1, 0.15) is 11.9 Å². The molecule has 9 heteroatoms. The first kappa shape index (κ1) is 21.0. The van der Waals surface area contributed by atoms with Gasteiger partial charge < -0.3 is 0 Å². The van der Waals surface area contributed by atoms with E-state index in [1.165, 1.54) is 41.7 Å². The van der Waals surface area contributed by atoms with Crippen molar-refractivity contribution < 1.29 is 12.8 Å². The van der Waals surface area contributed by atoms with Crippen molar-refractivity contribution in [1.82, 2.24) is 14.5 Å². The molecule has 0 aliphatic carbocycles. The third kappa shape index (κ3) is 4.82. The summed E-state index contributed by atoms with van der Waals surface area (Å²) in [6.45, 7) is 0.296. The van der Waals surface area contributed by atoms with Crippen LogP contribution in [-0.4, -0.2) is 36.5 Å². The van der Waals surface area contributed by atoms with Crippen molar-refractivity contribution in [3.05, 3.63) is 70.6 Å². The number of aromatic amines is 1. The normalized spacial score (nSPS) is 11.6. The fourth-order valence-electron chi connectivity index (χ4n) is 2.80. The molecule has 29 heavy (non-hydrogen) atoms. The van der Waals surface area contributed by atoms with Crippen molar-refractivity contribution in [3.63, 3.8) is 0 Å². The molecule has 3 rings (SSSR count). The Hall–Kier alpha value is -2.73. The van der Waals surface area contributed by atoms with E-state index in [4.69, 9.17) is 16.9 Å². The lowest BCUT2D eigenvalue weighted by atomic mass is 10.1. The Morgan fingerprint density at radius 1 is 1.21 bits per heavy atom. The molecule has 6 nitrogen and oxygen atoms in total. The Labute approximate surface area is 173 Å². The van der Waals surface area contributed by atoms with Gasteiger partial charge in [-0.05, 0) is 61.4 Å². The van der Waals surface area contributed by atoms with Crippen molar-refractivity contribution in [2.75, 3.05) is 13.6 Å². The zero-order valence-electron chi connectivity index (χ0n) is 15.6. The summed E-state index contributed by atoms with van der Waals surface area (Å²) in [6.07, 6.45) is 1.17. The predicted octanol–water partition coefficient (Wildman–Crippen LogP) is 3.99. The highest BCUT2D eigenvalue weighted by Crippen LogP contribution is 2.23. The molecule has 1 aromatic heterocycles. The van der Waals surface area contributed by atoms with Gasteiger partial charge in [0.15, 0.2) is 0 Å². The third-order valence-electron chi connectivity index (χ3n) is 4.46. The van der Waals surface area contributed by atoms with E-state index in [0.717, 1.165) is 11.3 Å².